The predicted octanol–water partition coefficient (Wildman–Crippen LogP) is 3.61. The van der Waals surface area contributed by atoms with Gasteiger partial charge in [-0.2, -0.15) is 0 Å². The van der Waals surface area contributed by atoms with Crippen molar-refractivity contribution in [3.8, 4) is 11.5 Å². The molecule has 0 aliphatic heterocycles. The molecular weight excluding hydrogens is 310 g/mol. The molecule has 98 valence electrons. The number of hydrogen-bond donors (Lipinski definition) is 1. The first-order valence-electron chi connectivity index (χ1n) is 5.51. The fraction of sp³-hybridized carbons (Fsp3) is 0.0714. The van der Waals surface area contributed by atoms with Gasteiger partial charge in [0.1, 0.15) is 11.5 Å². The summed E-state index contributed by atoms with van der Waals surface area (Å²) in [5, 5.41) is 0. The highest BCUT2D eigenvalue weighted by atomic mass is 79.9. The largest absolute Gasteiger partial charge is 0.465 e. The molecule has 0 unspecified atom stereocenters. The van der Waals surface area contributed by atoms with E-state index in [-0.39, 0.29) is 5.56 Å². The Labute approximate surface area is 119 Å². The summed E-state index contributed by atoms with van der Waals surface area (Å²) in [4.78, 5) is 11.5. The van der Waals surface area contributed by atoms with Crippen molar-refractivity contribution < 1.29 is 14.3 Å². The number of carbonyl (C=O) groups is 1. The summed E-state index contributed by atoms with van der Waals surface area (Å²) in [7, 11) is 1.31. The molecule has 2 N–H and O–H groups in total. The minimum Gasteiger partial charge on any atom is -0.465 e. The quantitative estimate of drug-likeness (QED) is 0.693. The standard InChI is InChI=1S/C14H12BrNO3/c1-18-14(17)12-8-11(6-7-13(12)16)19-10-4-2-9(15)3-5-10/h2-8H,16H2,1H3. The van der Waals surface area contributed by atoms with Gasteiger partial charge in [-0.25, -0.2) is 4.79 Å². The molecule has 0 saturated heterocycles. The molecule has 0 aliphatic rings. The van der Waals surface area contributed by atoms with Crippen molar-refractivity contribution in [1.29, 1.82) is 0 Å². The van der Waals surface area contributed by atoms with Crippen molar-refractivity contribution in [1.82, 2.24) is 0 Å². The molecule has 0 aliphatic carbocycles. The van der Waals surface area contributed by atoms with Crippen LogP contribution in [0, 0.1) is 0 Å². The summed E-state index contributed by atoms with van der Waals surface area (Å²) in [5.74, 6) is 0.708. The summed E-state index contributed by atoms with van der Waals surface area (Å²) in [6.07, 6.45) is 0. The molecule has 0 saturated carbocycles. The van der Waals surface area contributed by atoms with Crippen LogP contribution in [0.4, 0.5) is 5.69 Å². The van der Waals surface area contributed by atoms with E-state index in [1.54, 1.807) is 18.2 Å². The Balaban J connectivity index is 2.26. The average molecular weight is 322 g/mol. The zero-order valence-electron chi connectivity index (χ0n) is 10.2. The Morgan fingerprint density at radius 1 is 1.11 bits per heavy atom. The number of anilines is 1. The maximum atomic E-state index is 11.5. The van der Waals surface area contributed by atoms with Crippen LogP contribution < -0.4 is 10.5 Å². The minimum absolute atomic E-state index is 0.289. The van der Waals surface area contributed by atoms with Gasteiger partial charge >= 0.3 is 5.97 Å². The number of nitrogens with two attached hydrogens (primary N) is 1. The van der Waals surface area contributed by atoms with E-state index in [0.717, 1.165) is 4.47 Å². The SMILES string of the molecule is COC(=O)c1cc(Oc2ccc(Br)cc2)ccc1N. The van der Waals surface area contributed by atoms with E-state index in [9.17, 15) is 4.79 Å². The number of esters is 1. The third kappa shape index (κ3) is 3.26. The van der Waals surface area contributed by atoms with Crippen molar-refractivity contribution >= 4 is 27.6 Å². The van der Waals surface area contributed by atoms with Crippen LogP contribution in [0.1, 0.15) is 10.4 Å². The van der Waals surface area contributed by atoms with Gasteiger partial charge in [0, 0.05) is 10.2 Å². The molecule has 5 heteroatoms. The van der Waals surface area contributed by atoms with Gasteiger partial charge in [-0.3, -0.25) is 0 Å². The molecule has 19 heavy (non-hydrogen) atoms. The molecule has 0 radical (unpaired) electrons. The third-order valence-electron chi connectivity index (χ3n) is 2.48. The second-order valence-electron chi connectivity index (χ2n) is 3.80. The second-order valence-corrected chi connectivity index (χ2v) is 4.71. The van der Waals surface area contributed by atoms with Crippen molar-refractivity contribution in [3.05, 3.63) is 52.5 Å². The first-order valence-corrected chi connectivity index (χ1v) is 6.30. The molecule has 0 heterocycles. The summed E-state index contributed by atoms with van der Waals surface area (Å²) in [5.41, 5.74) is 6.36. The van der Waals surface area contributed by atoms with Gasteiger partial charge in [0.05, 0.1) is 12.7 Å². The minimum atomic E-state index is -0.487. The number of hydrogen-bond acceptors (Lipinski definition) is 4. The molecule has 0 aromatic heterocycles. The van der Waals surface area contributed by atoms with Crippen molar-refractivity contribution in [3.63, 3.8) is 0 Å². The summed E-state index contributed by atoms with van der Waals surface area (Å²) >= 11 is 3.35. The number of ether oxygens (including phenoxy) is 2. The van der Waals surface area contributed by atoms with Gasteiger partial charge < -0.3 is 15.2 Å². The maximum absolute atomic E-state index is 11.5. The van der Waals surface area contributed by atoms with Crippen LogP contribution >= 0.6 is 15.9 Å². The number of benzene rings is 2. The van der Waals surface area contributed by atoms with Gasteiger partial charge in [-0.15, -0.1) is 0 Å². The lowest BCUT2D eigenvalue weighted by molar-refractivity contribution is 0.0601. The topological polar surface area (TPSA) is 61.5 Å². The van der Waals surface area contributed by atoms with E-state index in [0.29, 0.717) is 17.2 Å². The molecule has 4 nitrogen and oxygen atoms in total. The highest BCUT2D eigenvalue weighted by Gasteiger charge is 2.11. The molecule has 2 aromatic rings. The van der Waals surface area contributed by atoms with Crippen LogP contribution in [0.5, 0.6) is 11.5 Å². The number of methoxy groups -OCH3 is 1. The highest BCUT2D eigenvalue weighted by molar-refractivity contribution is 9.10. The van der Waals surface area contributed by atoms with Crippen LogP contribution in [0.25, 0.3) is 0 Å². The summed E-state index contributed by atoms with van der Waals surface area (Å²) < 4.78 is 11.3. The van der Waals surface area contributed by atoms with Gasteiger partial charge in [0.15, 0.2) is 0 Å². The lowest BCUT2D eigenvalue weighted by Crippen LogP contribution is -2.05. The Kier molecular flexibility index (Phi) is 4.06. The van der Waals surface area contributed by atoms with Crippen LogP contribution in [0.3, 0.4) is 0 Å². The second kappa shape index (κ2) is 5.75. The maximum Gasteiger partial charge on any atom is 0.340 e. The fourth-order valence-electron chi connectivity index (χ4n) is 1.52. The van der Waals surface area contributed by atoms with Crippen molar-refractivity contribution in [2.24, 2.45) is 0 Å². The molecule has 0 bridgehead atoms. The van der Waals surface area contributed by atoms with Gasteiger partial charge in [0.2, 0.25) is 0 Å². The van der Waals surface area contributed by atoms with Crippen LogP contribution in [-0.4, -0.2) is 13.1 Å². The molecule has 0 fully saturated rings. The van der Waals surface area contributed by atoms with Gasteiger partial charge in [-0.1, -0.05) is 15.9 Å². The van der Waals surface area contributed by atoms with Crippen LogP contribution in [0.15, 0.2) is 46.9 Å². The zero-order valence-corrected chi connectivity index (χ0v) is 11.8. The zero-order chi connectivity index (χ0) is 13.8. The average Bonchev–Trinajstić information content (AvgIpc) is 2.42. The lowest BCUT2D eigenvalue weighted by atomic mass is 10.1. The van der Waals surface area contributed by atoms with Gasteiger partial charge in [-0.05, 0) is 42.5 Å². The molecule has 0 spiro atoms. The Hall–Kier alpha value is -2.01. The molecule has 2 aromatic carbocycles. The van der Waals surface area contributed by atoms with Crippen molar-refractivity contribution in [2.75, 3.05) is 12.8 Å². The monoisotopic (exact) mass is 321 g/mol. The Morgan fingerprint density at radius 3 is 2.37 bits per heavy atom. The van der Waals surface area contributed by atoms with E-state index in [1.807, 2.05) is 24.3 Å². The van der Waals surface area contributed by atoms with E-state index >= 15 is 0 Å². The fourth-order valence-corrected chi connectivity index (χ4v) is 1.79. The number of carbonyl (C=O) groups excluding carboxylic acids is 1. The van der Waals surface area contributed by atoms with E-state index < -0.39 is 5.97 Å². The Bertz CT molecular complexity index is 596. The normalized spacial score (nSPS) is 10.0. The van der Waals surface area contributed by atoms with E-state index in [1.165, 1.54) is 7.11 Å². The summed E-state index contributed by atoms with van der Waals surface area (Å²) in [6.45, 7) is 0. The first kappa shape index (κ1) is 13.4. The number of rotatable bonds is 3. The van der Waals surface area contributed by atoms with Gasteiger partial charge in [0.25, 0.3) is 0 Å². The predicted molar refractivity (Wildman–Crippen MR) is 76.4 cm³/mol. The van der Waals surface area contributed by atoms with E-state index in [4.69, 9.17) is 10.5 Å². The van der Waals surface area contributed by atoms with E-state index in [2.05, 4.69) is 20.7 Å². The molecule has 0 atom stereocenters. The number of nitrogen functional groups attached to an aromatic ring is 1. The Morgan fingerprint density at radius 2 is 1.74 bits per heavy atom. The summed E-state index contributed by atoms with van der Waals surface area (Å²) in [6, 6.07) is 12.2. The molecule has 2 rings (SSSR count). The lowest BCUT2D eigenvalue weighted by Gasteiger charge is -2.09. The molecular formula is C14H12BrNO3. The van der Waals surface area contributed by atoms with Crippen LogP contribution in [0.2, 0.25) is 0 Å². The number of halogens is 1. The first-order chi connectivity index (χ1) is 9.10. The van der Waals surface area contributed by atoms with Crippen LogP contribution in [-0.2, 0) is 4.74 Å². The van der Waals surface area contributed by atoms with Crippen molar-refractivity contribution in [2.45, 2.75) is 0 Å². The molecule has 0 amide bonds. The third-order valence-corrected chi connectivity index (χ3v) is 3.01. The smallest absolute Gasteiger partial charge is 0.340 e. The highest BCUT2D eigenvalue weighted by Crippen LogP contribution is 2.26.